The van der Waals surface area contributed by atoms with E-state index in [1.54, 1.807) is 12.1 Å². The minimum Gasteiger partial charge on any atom is -0.351 e. The molecule has 148 valence electrons. The third-order valence-corrected chi connectivity index (χ3v) is 6.32. The highest BCUT2D eigenvalue weighted by Crippen LogP contribution is 2.22. The van der Waals surface area contributed by atoms with Gasteiger partial charge in [-0.1, -0.05) is 19.4 Å². The van der Waals surface area contributed by atoms with Crippen molar-refractivity contribution in [3.05, 3.63) is 29.3 Å². The Morgan fingerprint density at radius 2 is 1.81 bits per heavy atom. The molecule has 1 heterocycles. The molecule has 26 heavy (non-hydrogen) atoms. The second-order valence-electron chi connectivity index (χ2n) is 6.45. The van der Waals surface area contributed by atoms with Gasteiger partial charge in [-0.05, 0) is 50.4 Å². The van der Waals surface area contributed by atoms with E-state index in [9.17, 15) is 13.2 Å². The molecule has 0 aromatic heterocycles. The zero-order chi connectivity index (χ0) is 18.3. The first-order chi connectivity index (χ1) is 12.0. The van der Waals surface area contributed by atoms with Gasteiger partial charge in [0.1, 0.15) is 0 Å². The summed E-state index contributed by atoms with van der Waals surface area (Å²) in [5.74, 6) is -0.230. The van der Waals surface area contributed by atoms with Crippen LogP contribution in [-0.4, -0.2) is 51.4 Å². The highest BCUT2D eigenvalue weighted by molar-refractivity contribution is 7.89. The Hall–Kier alpha value is -1.15. The number of nitrogens with zero attached hydrogens (tertiary/aromatic N) is 1. The SMILES string of the molecule is CCCNCCNC(=O)c1cc(S(=O)(=O)N2CCCCC2)ccc1C.Cl. The van der Waals surface area contributed by atoms with Crippen molar-refractivity contribution in [2.75, 3.05) is 32.7 Å². The molecular formula is C18H30ClN3O3S. The molecule has 0 bridgehead atoms. The maximum Gasteiger partial charge on any atom is 0.251 e. The van der Waals surface area contributed by atoms with Crippen molar-refractivity contribution in [2.24, 2.45) is 0 Å². The molecule has 0 saturated carbocycles. The maximum absolute atomic E-state index is 12.8. The summed E-state index contributed by atoms with van der Waals surface area (Å²) in [6.45, 7) is 7.15. The second kappa shape index (κ2) is 10.9. The van der Waals surface area contributed by atoms with E-state index in [1.165, 1.54) is 10.4 Å². The molecule has 1 saturated heterocycles. The Kier molecular flexibility index (Phi) is 9.57. The quantitative estimate of drug-likeness (QED) is 0.653. The van der Waals surface area contributed by atoms with Crippen LogP contribution in [0.3, 0.4) is 0 Å². The summed E-state index contributed by atoms with van der Waals surface area (Å²) in [6.07, 6.45) is 3.90. The topological polar surface area (TPSA) is 78.5 Å². The molecule has 0 radical (unpaired) electrons. The molecule has 1 aromatic carbocycles. The summed E-state index contributed by atoms with van der Waals surface area (Å²) in [6, 6.07) is 4.81. The lowest BCUT2D eigenvalue weighted by molar-refractivity contribution is 0.0953. The number of aryl methyl sites for hydroxylation is 1. The van der Waals surface area contributed by atoms with Crippen molar-refractivity contribution in [1.29, 1.82) is 0 Å². The van der Waals surface area contributed by atoms with E-state index >= 15 is 0 Å². The van der Waals surface area contributed by atoms with Gasteiger partial charge in [0.15, 0.2) is 0 Å². The van der Waals surface area contributed by atoms with Gasteiger partial charge in [-0.25, -0.2) is 8.42 Å². The van der Waals surface area contributed by atoms with Crippen LogP contribution < -0.4 is 10.6 Å². The lowest BCUT2D eigenvalue weighted by atomic mass is 10.1. The molecule has 1 aromatic rings. The lowest BCUT2D eigenvalue weighted by Gasteiger charge is -2.26. The zero-order valence-corrected chi connectivity index (χ0v) is 17.2. The van der Waals surface area contributed by atoms with E-state index in [0.717, 1.165) is 37.8 Å². The molecule has 0 aliphatic carbocycles. The van der Waals surface area contributed by atoms with Crippen LogP contribution in [0.5, 0.6) is 0 Å². The fourth-order valence-corrected chi connectivity index (χ4v) is 4.47. The molecule has 1 amide bonds. The number of carbonyl (C=O) groups is 1. The number of halogens is 1. The summed E-state index contributed by atoms with van der Waals surface area (Å²) in [7, 11) is -3.53. The molecule has 0 atom stereocenters. The largest absolute Gasteiger partial charge is 0.351 e. The summed E-state index contributed by atoms with van der Waals surface area (Å²) in [5.41, 5.74) is 1.20. The lowest BCUT2D eigenvalue weighted by Crippen LogP contribution is -2.36. The van der Waals surface area contributed by atoms with Crippen LogP contribution in [0.15, 0.2) is 23.1 Å². The van der Waals surface area contributed by atoms with E-state index in [1.807, 2.05) is 6.92 Å². The van der Waals surface area contributed by atoms with E-state index in [0.29, 0.717) is 31.7 Å². The van der Waals surface area contributed by atoms with Crippen LogP contribution in [-0.2, 0) is 10.0 Å². The normalized spacial score (nSPS) is 15.3. The number of hydrogen-bond acceptors (Lipinski definition) is 4. The van der Waals surface area contributed by atoms with Gasteiger partial charge in [0.05, 0.1) is 4.90 Å². The van der Waals surface area contributed by atoms with Gasteiger partial charge in [-0.2, -0.15) is 4.31 Å². The number of sulfonamides is 1. The van der Waals surface area contributed by atoms with Gasteiger partial charge in [-0.15, -0.1) is 12.4 Å². The number of carbonyl (C=O) groups excluding carboxylic acids is 1. The first-order valence-electron chi connectivity index (χ1n) is 9.06. The summed E-state index contributed by atoms with van der Waals surface area (Å²) in [4.78, 5) is 12.6. The molecule has 0 spiro atoms. The Morgan fingerprint density at radius 1 is 1.12 bits per heavy atom. The Labute approximate surface area is 163 Å². The third-order valence-electron chi connectivity index (χ3n) is 4.42. The molecule has 0 unspecified atom stereocenters. The van der Waals surface area contributed by atoms with Crippen molar-refractivity contribution in [3.8, 4) is 0 Å². The number of nitrogens with one attached hydrogen (secondary N) is 2. The molecule has 1 fully saturated rings. The molecule has 1 aliphatic rings. The first-order valence-corrected chi connectivity index (χ1v) is 10.5. The zero-order valence-electron chi connectivity index (χ0n) is 15.6. The average molecular weight is 404 g/mol. The monoisotopic (exact) mass is 403 g/mol. The highest BCUT2D eigenvalue weighted by Gasteiger charge is 2.26. The van der Waals surface area contributed by atoms with Gasteiger partial charge >= 0.3 is 0 Å². The van der Waals surface area contributed by atoms with Crippen LogP contribution in [0.2, 0.25) is 0 Å². The van der Waals surface area contributed by atoms with Crippen LogP contribution >= 0.6 is 12.4 Å². The predicted octanol–water partition coefficient (Wildman–Crippen LogP) is 2.32. The third kappa shape index (κ3) is 5.94. The van der Waals surface area contributed by atoms with Crippen molar-refractivity contribution >= 4 is 28.3 Å². The Bertz CT molecular complexity index is 689. The van der Waals surface area contributed by atoms with Crippen LogP contribution in [0.25, 0.3) is 0 Å². The smallest absolute Gasteiger partial charge is 0.251 e. The van der Waals surface area contributed by atoms with Gasteiger partial charge in [-0.3, -0.25) is 4.79 Å². The molecular weight excluding hydrogens is 374 g/mol. The van der Waals surface area contributed by atoms with Crippen molar-refractivity contribution in [1.82, 2.24) is 14.9 Å². The van der Waals surface area contributed by atoms with Crippen molar-refractivity contribution in [2.45, 2.75) is 44.4 Å². The Morgan fingerprint density at radius 3 is 2.46 bits per heavy atom. The molecule has 6 nitrogen and oxygen atoms in total. The number of piperidine rings is 1. The van der Waals surface area contributed by atoms with E-state index in [4.69, 9.17) is 0 Å². The maximum atomic E-state index is 12.8. The van der Waals surface area contributed by atoms with Crippen LogP contribution in [0.1, 0.15) is 48.5 Å². The number of hydrogen-bond donors (Lipinski definition) is 2. The fourth-order valence-electron chi connectivity index (χ4n) is 2.92. The molecule has 8 heteroatoms. The molecule has 1 aliphatic heterocycles. The highest BCUT2D eigenvalue weighted by atomic mass is 35.5. The summed E-state index contributed by atoms with van der Waals surface area (Å²) in [5, 5.41) is 6.06. The minimum absolute atomic E-state index is 0. The number of benzene rings is 1. The van der Waals surface area contributed by atoms with Crippen LogP contribution in [0.4, 0.5) is 0 Å². The fraction of sp³-hybridized carbons (Fsp3) is 0.611. The van der Waals surface area contributed by atoms with E-state index in [2.05, 4.69) is 17.6 Å². The van der Waals surface area contributed by atoms with Gasteiger partial charge in [0, 0.05) is 31.7 Å². The molecule has 2 rings (SSSR count). The minimum atomic E-state index is -3.53. The summed E-state index contributed by atoms with van der Waals surface area (Å²) >= 11 is 0. The number of amides is 1. The number of rotatable bonds is 8. The Balaban J connectivity index is 0.00000338. The predicted molar refractivity (Wildman–Crippen MR) is 107 cm³/mol. The average Bonchev–Trinajstić information content (AvgIpc) is 2.62. The standard InChI is InChI=1S/C18H29N3O3S.ClH/c1-3-9-19-10-11-20-18(22)17-14-16(8-7-15(17)2)25(23,24)21-12-5-4-6-13-21;/h7-8,14,19H,3-6,9-13H2,1-2H3,(H,20,22);1H. The first kappa shape index (κ1) is 22.9. The van der Waals surface area contributed by atoms with Crippen LogP contribution in [0, 0.1) is 6.92 Å². The van der Waals surface area contributed by atoms with Crippen molar-refractivity contribution in [3.63, 3.8) is 0 Å². The summed E-state index contributed by atoms with van der Waals surface area (Å²) < 4.78 is 27.1. The van der Waals surface area contributed by atoms with Crippen molar-refractivity contribution < 1.29 is 13.2 Å². The van der Waals surface area contributed by atoms with E-state index < -0.39 is 10.0 Å². The van der Waals surface area contributed by atoms with Gasteiger partial charge in [0.25, 0.3) is 5.91 Å². The molecule has 2 N–H and O–H groups in total. The van der Waals surface area contributed by atoms with Gasteiger partial charge in [0.2, 0.25) is 10.0 Å². The second-order valence-corrected chi connectivity index (χ2v) is 8.39. The van der Waals surface area contributed by atoms with E-state index in [-0.39, 0.29) is 23.2 Å². The van der Waals surface area contributed by atoms with Gasteiger partial charge < -0.3 is 10.6 Å².